The number of nitrogens with zero attached hydrogens (tertiary/aromatic N) is 1. The summed E-state index contributed by atoms with van der Waals surface area (Å²) in [7, 11) is 0. The third kappa shape index (κ3) is 2.08. The molecule has 0 aromatic carbocycles. The molecule has 11 heavy (non-hydrogen) atoms. The number of morpholine rings is 1. The summed E-state index contributed by atoms with van der Waals surface area (Å²) in [5.74, 6) is 0. The van der Waals surface area contributed by atoms with Gasteiger partial charge in [0.05, 0.1) is 12.2 Å². The fraction of sp³-hybridized carbons (Fsp3) is 0.857. The van der Waals surface area contributed by atoms with E-state index in [1.54, 1.807) is 4.90 Å². The first-order valence-electron chi connectivity index (χ1n) is 3.79. The zero-order valence-corrected chi connectivity index (χ0v) is 6.91. The number of amides is 2. The molecule has 1 aliphatic rings. The van der Waals surface area contributed by atoms with Crippen LogP contribution in [0.25, 0.3) is 0 Å². The third-order valence-corrected chi connectivity index (χ3v) is 1.73. The summed E-state index contributed by atoms with van der Waals surface area (Å²) >= 11 is 0. The van der Waals surface area contributed by atoms with Gasteiger partial charge >= 0.3 is 6.03 Å². The van der Waals surface area contributed by atoms with Crippen LogP contribution < -0.4 is 5.73 Å². The van der Waals surface area contributed by atoms with E-state index in [-0.39, 0.29) is 18.2 Å². The van der Waals surface area contributed by atoms with Crippen molar-refractivity contribution < 1.29 is 9.53 Å². The van der Waals surface area contributed by atoms with Crippen LogP contribution in [0.4, 0.5) is 4.79 Å². The molecule has 1 fully saturated rings. The standard InChI is InChI=1S/C7H14N2O2/c1-5-3-9(7(8)10)4-6(2)11-5/h5-6H,3-4H2,1-2H3,(H2,8,10)/t5-,6-/m1/s1. The molecule has 0 spiro atoms. The Labute approximate surface area is 66.3 Å². The second-order valence-corrected chi connectivity index (χ2v) is 3.00. The molecular formula is C7H14N2O2. The summed E-state index contributed by atoms with van der Waals surface area (Å²) in [6, 6.07) is -0.355. The van der Waals surface area contributed by atoms with Gasteiger partial charge in [0.15, 0.2) is 0 Å². The van der Waals surface area contributed by atoms with Crippen molar-refractivity contribution in [2.75, 3.05) is 13.1 Å². The number of rotatable bonds is 0. The summed E-state index contributed by atoms with van der Waals surface area (Å²) in [6.45, 7) is 5.09. The van der Waals surface area contributed by atoms with Crippen LogP contribution >= 0.6 is 0 Å². The monoisotopic (exact) mass is 158 g/mol. The largest absolute Gasteiger partial charge is 0.372 e. The van der Waals surface area contributed by atoms with Gasteiger partial charge in [-0.1, -0.05) is 0 Å². The fourth-order valence-electron chi connectivity index (χ4n) is 1.36. The van der Waals surface area contributed by atoms with Gasteiger partial charge in [-0.3, -0.25) is 0 Å². The number of urea groups is 1. The summed E-state index contributed by atoms with van der Waals surface area (Å²) < 4.78 is 5.42. The van der Waals surface area contributed by atoms with Crippen molar-refractivity contribution in [3.05, 3.63) is 0 Å². The van der Waals surface area contributed by atoms with E-state index < -0.39 is 0 Å². The molecule has 0 aliphatic carbocycles. The van der Waals surface area contributed by atoms with Crippen LogP contribution in [0.5, 0.6) is 0 Å². The zero-order valence-electron chi connectivity index (χ0n) is 6.91. The van der Waals surface area contributed by atoms with Crippen molar-refractivity contribution >= 4 is 6.03 Å². The van der Waals surface area contributed by atoms with Gasteiger partial charge in [0.1, 0.15) is 0 Å². The predicted octanol–water partition coefficient (Wildman–Crippen LogP) is 0.174. The van der Waals surface area contributed by atoms with Crippen LogP contribution in [-0.2, 0) is 4.74 Å². The molecular weight excluding hydrogens is 144 g/mol. The minimum atomic E-state index is -0.355. The predicted molar refractivity (Wildman–Crippen MR) is 41.2 cm³/mol. The number of hydrogen-bond acceptors (Lipinski definition) is 2. The molecule has 2 atom stereocenters. The second kappa shape index (κ2) is 3.09. The Morgan fingerprint density at radius 1 is 1.45 bits per heavy atom. The maximum absolute atomic E-state index is 10.7. The normalized spacial score (nSPS) is 32.0. The molecule has 0 bridgehead atoms. The quantitative estimate of drug-likeness (QED) is 0.546. The van der Waals surface area contributed by atoms with Gasteiger partial charge in [-0.15, -0.1) is 0 Å². The minimum Gasteiger partial charge on any atom is -0.372 e. The van der Waals surface area contributed by atoms with E-state index in [0.29, 0.717) is 13.1 Å². The Kier molecular flexibility index (Phi) is 2.34. The molecule has 4 nitrogen and oxygen atoms in total. The maximum Gasteiger partial charge on any atom is 0.314 e. The van der Waals surface area contributed by atoms with E-state index in [9.17, 15) is 4.79 Å². The molecule has 64 valence electrons. The smallest absolute Gasteiger partial charge is 0.314 e. The zero-order chi connectivity index (χ0) is 8.43. The van der Waals surface area contributed by atoms with Crippen molar-refractivity contribution in [2.24, 2.45) is 5.73 Å². The summed E-state index contributed by atoms with van der Waals surface area (Å²) in [4.78, 5) is 12.3. The molecule has 4 heteroatoms. The maximum atomic E-state index is 10.7. The molecule has 0 radical (unpaired) electrons. The van der Waals surface area contributed by atoms with Gasteiger partial charge in [-0.2, -0.15) is 0 Å². The highest BCUT2D eigenvalue weighted by molar-refractivity contribution is 5.72. The molecule has 1 saturated heterocycles. The summed E-state index contributed by atoms with van der Waals surface area (Å²) in [6.07, 6.45) is 0.206. The van der Waals surface area contributed by atoms with Gasteiger partial charge in [0.25, 0.3) is 0 Å². The first-order chi connectivity index (χ1) is 5.09. The fourth-order valence-corrected chi connectivity index (χ4v) is 1.36. The molecule has 2 N–H and O–H groups in total. The van der Waals surface area contributed by atoms with Crippen LogP contribution in [0.15, 0.2) is 0 Å². The Morgan fingerprint density at radius 3 is 2.27 bits per heavy atom. The number of primary amides is 1. The summed E-state index contributed by atoms with van der Waals surface area (Å²) in [5, 5.41) is 0. The van der Waals surface area contributed by atoms with Gasteiger partial charge in [-0.05, 0) is 13.8 Å². The van der Waals surface area contributed by atoms with Crippen molar-refractivity contribution in [1.82, 2.24) is 4.90 Å². The van der Waals surface area contributed by atoms with Gasteiger partial charge in [0.2, 0.25) is 0 Å². The van der Waals surface area contributed by atoms with E-state index in [2.05, 4.69) is 0 Å². The van der Waals surface area contributed by atoms with Crippen LogP contribution in [-0.4, -0.2) is 36.2 Å². The van der Waals surface area contributed by atoms with Gasteiger partial charge in [0, 0.05) is 13.1 Å². The molecule has 0 unspecified atom stereocenters. The molecule has 0 saturated carbocycles. The summed E-state index contributed by atoms with van der Waals surface area (Å²) in [5.41, 5.74) is 5.12. The van der Waals surface area contributed by atoms with Crippen LogP contribution in [0.2, 0.25) is 0 Å². The number of carbonyl (C=O) groups excluding carboxylic acids is 1. The molecule has 0 aromatic heterocycles. The lowest BCUT2D eigenvalue weighted by Gasteiger charge is -2.34. The molecule has 0 aromatic rings. The Morgan fingerprint density at radius 2 is 1.91 bits per heavy atom. The molecule has 1 aliphatic heterocycles. The van der Waals surface area contributed by atoms with Crippen molar-refractivity contribution in [3.63, 3.8) is 0 Å². The number of ether oxygens (including phenoxy) is 1. The van der Waals surface area contributed by atoms with Gasteiger partial charge in [-0.25, -0.2) is 4.79 Å². The minimum absolute atomic E-state index is 0.103. The highest BCUT2D eigenvalue weighted by Crippen LogP contribution is 2.09. The lowest BCUT2D eigenvalue weighted by molar-refractivity contribution is -0.0535. The first-order valence-corrected chi connectivity index (χ1v) is 3.79. The molecule has 2 amide bonds. The van der Waals surface area contributed by atoms with E-state index in [1.807, 2.05) is 13.8 Å². The Balaban J connectivity index is 2.49. The second-order valence-electron chi connectivity index (χ2n) is 3.00. The highest BCUT2D eigenvalue weighted by Gasteiger charge is 2.23. The van der Waals surface area contributed by atoms with Crippen LogP contribution in [0, 0.1) is 0 Å². The average Bonchev–Trinajstić information content (AvgIpc) is 1.85. The highest BCUT2D eigenvalue weighted by atomic mass is 16.5. The number of carbonyl (C=O) groups is 1. The van der Waals surface area contributed by atoms with E-state index in [4.69, 9.17) is 10.5 Å². The van der Waals surface area contributed by atoms with Crippen molar-refractivity contribution in [1.29, 1.82) is 0 Å². The molecule has 1 rings (SSSR count). The van der Waals surface area contributed by atoms with Crippen LogP contribution in [0.3, 0.4) is 0 Å². The number of nitrogens with two attached hydrogens (primary N) is 1. The van der Waals surface area contributed by atoms with E-state index >= 15 is 0 Å². The Hall–Kier alpha value is -0.770. The van der Waals surface area contributed by atoms with E-state index in [0.717, 1.165) is 0 Å². The lowest BCUT2D eigenvalue weighted by atomic mass is 10.2. The number of hydrogen-bond donors (Lipinski definition) is 1. The molecule has 1 heterocycles. The third-order valence-electron chi connectivity index (χ3n) is 1.73. The SMILES string of the molecule is C[C@@H]1CN(C(N)=O)C[C@@H](C)O1. The first kappa shape index (κ1) is 8.33. The van der Waals surface area contributed by atoms with Gasteiger partial charge < -0.3 is 15.4 Å². The van der Waals surface area contributed by atoms with Crippen LogP contribution in [0.1, 0.15) is 13.8 Å². The van der Waals surface area contributed by atoms with Crippen molar-refractivity contribution in [2.45, 2.75) is 26.1 Å². The van der Waals surface area contributed by atoms with Crippen molar-refractivity contribution in [3.8, 4) is 0 Å². The average molecular weight is 158 g/mol. The lowest BCUT2D eigenvalue weighted by Crippen LogP contribution is -2.50. The topological polar surface area (TPSA) is 55.6 Å². The Bertz CT molecular complexity index is 151. The van der Waals surface area contributed by atoms with E-state index in [1.165, 1.54) is 0 Å².